The number of anilines is 1. The third kappa shape index (κ3) is 6.68. The monoisotopic (exact) mass is 456 g/mol. The fourth-order valence-electron chi connectivity index (χ4n) is 3.03. The van der Waals surface area contributed by atoms with Crippen molar-refractivity contribution >= 4 is 29.5 Å². The van der Waals surface area contributed by atoms with Gasteiger partial charge in [-0.1, -0.05) is 48.0 Å². The van der Waals surface area contributed by atoms with Gasteiger partial charge in [-0.2, -0.15) is 5.26 Å². The predicted molar refractivity (Wildman–Crippen MR) is 127 cm³/mol. The van der Waals surface area contributed by atoms with Gasteiger partial charge < -0.3 is 20.4 Å². The van der Waals surface area contributed by atoms with Gasteiger partial charge in [-0.15, -0.1) is 0 Å². The van der Waals surface area contributed by atoms with Crippen LogP contribution in [-0.4, -0.2) is 17.7 Å². The predicted octanol–water partition coefficient (Wildman–Crippen LogP) is 3.63. The summed E-state index contributed by atoms with van der Waals surface area (Å²) in [5.41, 5.74) is 2.34. The van der Waals surface area contributed by atoms with Crippen LogP contribution < -0.4 is 16.0 Å². The lowest BCUT2D eigenvalue weighted by Gasteiger charge is -2.13. The highest BCUT2D eigenvalue weighted by Gasteiger charge is 2.16. The first-order chi connectivity index (χ1) is 16.4. The van der Waals surface area contributed by atoms with Crippen LogP contribution in [0, 0.1) is 18.3 Å². The third-order valence-electron chi connectivity index (χ3n) is 4.92. The number of nitrogens with one attached hydrogen (secondary N) is 3. The Morgan fingerprint density at radius 3 is 2.35 bits per heavy atom. The van der Waals surface area contributed by atoms with E-state index in [9.17, 15) is 19.6 Å². The van der Waals surface area contributed by atoms with Crippen LogP contribution in [0.1, 0.15) is 35.6 Å². The van der Waals surface area contributed by atoms with Crippen molar-refractivity contribution in [1.82, 2.24) is 10.6 Å². The van der Waals surface area contributed by atoms with Crippen LogP contribution in [0.25, 0.3) is 6.08 Å². The SMILES string of the molecule is Cc1ccc(NC(=O)C(=O)NCc2ccc(/C=C(/C#N)C(=O)N[C@@H](C)c3ccccc3)o2)cc1. The Morgan fingerprint density at radius 2 is 1.68 bits per heavy atom. The number of furan rings is 1. The molecule has 0 aliphatic heterocycles. The second-order valence-corrected chi connectivity index (χ2v) is 7.58. The number of rotatable bonds is 7. The highest BCUT2D eigenvalue weighted by atomic mass is 16.3. The molecular formula is C26H24N4O4. The number of aryl methyl sites for hydroxylation is 1. The summed E-state index contributed by atoms with van der Waals surface area (Å²) in [4.78, 5) is 36.6. The maximum atomic E-state index is 12.5. The van der Waals surface area contributed by atoms with Crippen LogP contribution in [-0.2, 0) is 20.9 Å². The minimum atomic E-state index is -0.818. The van der Waals surface area contributed by atoms with Crippen molar-refractivity contribution in [1.29, 1.82) is 5.26 Å². The van der Waals surface area contributed by atoms with Gasteiger partial charge >= 0.3 is 11.8 Å². The van der Waals surface area contributed by atoms with Gasteiger partial charge in [0.1, 0.15) is 23.2 Å². The van der Waals surface area contributed by atoms with Crippen molar-refractivity contribution in [3.8, 4) is 6.07 Å². The molecule has 8 nitrogen and oxygen atoms in total. The van der Waals surface area contributed by atoms with Crippen molar-refractivity contribution in [2.45, 2.75) is 26.4 Å². The Bertz CT molecular complexity index is 1240. The number of carbonyl (C=O) groups excluding carboxylic acids is 3. The summed E-state index contributed by atoms with van der Waals surface area (Å²) >= 11 is 0. The molecule has 0 aliphatic carbocycles. The van der Waals surface area contributed by atoms with E-state index >= 15 is 0 Å². The number of nitrogens with zero attached hydrogens (tertiary/aromatic N) is 1. The quantitative estimate of drug-likeness (QED) is 0.285. The molecule has 34 heavy (non-hydrogen) atoms. The van der Waals surface area contributed by atoms with Crippen molar-refractivity contribution in [3.63, 3.8) is 0 Å². The van der Waals surface area contributed by atoms with E-state index in [0.717, 1.165) is 11.1 Å². The Hall–Kier alpha value is -4.64. The normalized spacial score (nSPS) is 11.7. The number of carbonyl (C=O) groups is 3. The third-order valence-corrected chi connectivity index (χ3v) is 4.92. The molecule has 0 saturated heterocycles. The molecule has 1 atom stereocenters. The first-order valence-electron chi connectivity index (χ1n) is 10.6. The molecule has 1 aromatic heterocycles. The van der Waals surface area contributed by atoms with Gasteiger partial charge in [0.25, 0.3) is 5.91 Å². The van der Waals surface area contributed by atoms with Crippen molar-refractivity contribution < 1.29 is 18.8 Å². The van der Waals surface area contributed by atoms with Gasteiger partial charge in [-0.05, 0) is 43.7 Å². The van der Waals surface area contributed by atoms with Gasteiger partial charge in [0.2, 0.25) is 0 Å². The van der Waals surface area contributed by atoms with E-state index in [0.29, 0.717) is 11.4 Å². The van der Waals surface area contributed by atoms with Crippen LogP contribution in [0.15, 0.2) is 76.7 Å². The summed E-state index contributed by atoms with van der Waals surface area (Å²) in [6.45, 7) is 3.71. The molecule has 3 rings (SSSR count). The molecule has 172 valence electrons. The maximum Gasteiger partial charge on any atom is 0.313 e. The van der Waals surface area contributed by atoms with Gasteiger partial charge in [-0.3, -0.25) is 14.4 Å². The molecule has 0 bridgehead atoms. The number of nitriles is 1. The summed E-state index contributed by atoms with van der Waals surface area (Å²) in [7, 11) is 0. The van der Waals surface area contributed by atoms with E-state index in [1.807, 2.05) is 62.4 Å². The minimum Gasteiger partial charge on any atom is -0.460 e. The van der Waals surface area contributed by atoms with Crippen LogP contribution in [0.5, 0.6) is 0 Å². The maximum absolute atomic E-state index is 12.5. The van der Waals surface area contributed by atoms with Gasteiger partial charge in [-0.25, -0.2) is 0 Å². The lowest BCUT2D eigenvalue weighted by atomic mass is 10.1. The van der Waals surface area contributed by atoms with E-state index in [2.05, 4.69) is 16.0 Å². The average Bonchev–Trinajstić information content (AvgIpc) is 3.30. The van der Waals surface area contributed by atoms with Crippen LogP contribution in [0.4, 0.5) is 5.69 Å². The molecule has 0 saturated carbocycles. The Kier molecular flexibility index (Phi) is 7.97. The second kappa shape index (κ2) is 11.3. The molecule has 3 aromatic rings. The van der Waals surface area contributed by atoms with Crippen LogP contribution in [0.3, 0.4) is 0 Å². The summed E-state index contributed by atoms with van der Waals surface area (Å²) in [6.07, 6.45) is 1.32. The van der Waals surface area contributed by atoms with Gasteiger partial charge in [0, 0.05) is 11.8 Å². The summed E-state index contributed by atoms with van der Waals surface area (Å²) in [5.74, 6) is -1.52. The molecule has 0 spiro atoms. The number of hydrogen-bond acceptors (Lipinski definition) is 5. The molecule has 3 N–H and O–H groups in total. The highest BCUT2D eigenvalue weighted by Crippen LogP contribution is 2.15. The molecule has 1 heterocycles. The van der Waals surface area contributed by atoms with Crippen molar-refractivity contribution in [2.24, 2.45) is 0 Å². The molecule has 8 heteroatoms. The van der Waals surface area contributed by atoms with E-state index < -0.39 is 17.7 Å². The van der Waals surface area contributed by atoms with Gasteiger partial charge in [0.05, 0.1) is 12.6 Å². The molecule has 3 amide bonds. The topological polar surface area (TPSA) is 124 Å². The minimum absolute atomic E-state index is 0.0346. The lowest BCUT2D eigenvalue weighted by Crippen LogP contribution is -2.34. The Morgan fingerprint density at radius 1 is 0.971 bits per heavy atom. The zero-order chi connectivity index (χ0) is 24.5. The largest absolute Gasteiger partial charge is 0.460 e. The van der Waals surface area contributed by atoms with Crippen LogP contribution in [0.2, 0.25) is 0 Å². The summed E-state index contributed by atoms with van der Waals surface area (Å²) < 4.78 is 5.56. The van der Waals surface area contributed by atoms with Crippen molar-refractivity contribution in [2.75, 3.05) is 5.32 Å². The molecule has 2 aromatic carbocycles. The fourth-order valence-corrected chi connectivity index (χ4v) is 3.03. The molecule has 0 fully saturated rings. The Balaban J connectivity index is 1.55. The van der Waals surface area contributed by atoms with Crippen LogP contribution >= 0.6 is 0 Å². The lowest BCUT2D eigenvalue weighted by molar-refractivity contribution is -0.136. The molecule has 0 radical (unpaired) electrons. The van der Waals surface area contributed by atoms with E-state index in [1.165, 1.54) is 6.08 Å². The highest BCUT2D eigenvalue weighted by molar-refractivity contribution is 6.39. The number of amides is 3. The summed E-state index contributed by atoms with van der Waals surface area (Å²) in [5, 5.41) is 17.2. The smallest absolute Gasteiger partial charge is 0.313 e. The summed E-state index contributed by atoms with van der Waals surface area (Å²) in [6, 6.07) is 21.2. The number of hydrogen-bond donors (Lipinski definition) is 3. The number of benzene rings is 2. The average molecular weight is 457 g/mol. The zero-order valence-corrected chi connectivity index (χ0v) is 18.8. The van der Waals surface area contributed by atoms with Gasteiger partial charge in [0.15, 0.2) is 0 Å². The zero-order valence-electron chi connectivity index (χ0n) is 18.8. The first kappa shape index (κ1) is 24.0. The molecule has 0 aliphatic rings. The second-order valence-electron chi connectivity index (χ2n) is 7.58. The van der Waals surface area contributed by atoms with Crippen molar-refractivity contribution in [3.05, 3.63) is 95.0 Å². The van der Waals surface area contributed by atoms with E-state index in [1.54, 1.807) is 24.3 Å². The first-order valence-corrected chi connectivity index (χ1v) is 10.6. The molecule has 0 unspecified atom stereocenters. The van der Waals surface area contributed by atoms with E-state index in [4.69, 9.17) is 4.42 Å². The van der Waals surface area contributed by atoms with E-state index in [-0.39, 0.29) is 23.9 Å². The fraction of sp³-hybridized carbons (Fsp3) is 0.154. The Labute approximate surface area is 197 Å². The standard InChI is InChI=1S/C26H24N4O4/c1-17-8-10-21(11-9-17)30-26(33)25(32)28-16-23-13-12-22(34-23)14-20(15-27)24(31)29-18(2)19-6-4-3-5-7-19/h3-14,18H,16H2,1-2H3,(H,28,32)(H,29,31)(H,30,33)/b20-14-/t18-/m0/s1. The molecular weight excluding hydrogens is 432 g/mol.